The van der Waals surface area contributed by atoms with Crippen LogP contribution in [0.1, 0.15) is 43.7 Å². The predicted octanol–water partition coefficient (Wildman–Crippen LogP) is 4.21. The highest BCUT2D eigenvalue weighted by molar-refractivity contribution is 5.87. The van der Waals surface area contributed by atoms with Gasteiger partial charge in [0.25, 0.3) is 6.43 Å². The molecule has 0 spiro atoms. The van der Waals surface area contributed by atoms with Crippen LogP contribution < -0.4 is 10.3 Å². The van der Waals surface area contributed by atoms with Crippen LogP contribution in [-0.4, -0.2) is 12.1 Å². The Morgan fingerprint density at radius 1 is 1.29 bits per heavy atom. The second-order valence-electron chi connectivity index (χ2n) is 5.02. The van der Waals surface area contributed by atoms with Crippen LogP contribution in [0.25, 0.3) is 10.9 Å². The number of rotatable bonds is 6. The minimum Gasteiger partial charge on any atom is -0.496 e. The molecule has 0 radical (unpaired) electrons. The molecule has 21 heavy (non-hydrogen) atoms. The molecule has 0 unspecified atom stereocenters. The maximum atomic E-state index is 13.3. The molecule has 0 aliphatic rings. The van der Waals surface area contributed by atoms with E-state index in [2.05, 4.69) is 11.9 Å². The van der Waals surface area contributed by atoms with Crippen molar-refractivity contribution in [2.45, 2.75) is 39.0 Å². The van der Waals surface area contributed by atoms with Crippen molar-refractivity contribution in [2.75, 3.05) is 7.11 Å². The van der Waals surface area contributed by atoms with Crippen molar-refractivity contribution in [1.82, 2.24) is 4.98 Å². The Morgan fingerprint density at radius 2 is 2.05 bits per heavy atom. The van der Waals surface area contributed by atoms with Gasteiger partial charge in [-0.2, -0.15) is 0 Å². The Morgan fingerprint density at radius 3 is 2.67 bits per heavy atom. The molecule has 1 aromatic heterocycles. The van der Waals surface area contributed by atoms with Crippen LogP contribution in [0.3, 0.4) is 0 Å². The summed E-state index contributed by atoms with van der Waals surface area (Å²) in [4.78, 5) is 14.3. The van der Waals surface area contributed by atoms with Gasteiger partial charge in [0, 0.05) is 11.5 Å². The number of methoxy groups -OCH3 is 1. The average Bonchev–Trinajstić information content (AvgIpc) is 2.45. The second-order valence-corrected chi connectivity index (χ2v) is 5.02. The van der Waals surface area contributed by atoms with Gasteiger partial charge in [0.05, 0.1) is 18.2 Å². The van der Waals surface area contributed by atoms with Crippen molar-refractivity contribution < 1.29 is 13.5 Å². The summed E-state index contributed by atoms with van der Waals surface area (Å²) in [5.74, 6) is 0.0962. The van der Waals surface area contributed by atoms with Gasteiger partial charge in [0.15, 0.2) is 0 Å². The highest BCUT2D eigenvalue weighted by atomic mass is 19.3. The number of H-pyrrole nitrogens is 1. The molecule has 1 heterocycles. The van der Waals surface area contributed by atoms with Crippen LogP contribution in [0.5, 0.6) is 5.75 Å². The molecule has 0 saturated carbocycles. The summed E-state index contributed by atoms with van der Waals surface area (Å²) >= 11 is 0. The molecule has 1 aromatic carbocycles. The van der Waals surface area contributed by atoms with Crippen LogP contribution in [0.4, 0.5) is 8.78 Å². The highest BCUT2D eigenvalue weighted by Gasteiger charge is 2.19. The lowest BCUT2D eigenvalue weighted by atomic mass is 10.00. The SMILES string of the molecule is CCCCCc1cc(=O)[nH]c2c(C(F)F)c(OC)ccc12. The molecule has 1 N–H and O–H groups in total. The largest absolute Gasteiger partial charge is 0.496 e. The number of fused-ring (bicyclic) bond motifs is 1. The number of hydrogen-bond acceptors (Lipinski definition) is 2. The van der Waals surface area contributed by atoms with Crippen molar-refractivity contribution in [2.24, 2.45) is 0 Å². The highest BCUT2D eigenvalue weighted by Crippen LogP contribution is 2.35. The molecule has 0 fully saturated rings. The van der Waals surface area contributed by atoms with E-state index in [9.17, 15) is 13.6 Å². The standard InChI is InChI=1S/C16H19F2NO2/c1-3-4-5-6-10-9-13(20)19-15-11(10)7-8-12(21-2)14(15)16(17)18/h7-9,16H,3-6H2,1-2H3,(H,19,20). The van der Waals surface area contributed by atoms with E-state index in [1.807, 2.05) is 0 Å². The van der Waals surface area contributed by atoms with Crippen LogP contribution in [-0.2, 0) is 6.42 Å². The van der Waals surface area contributed by atoms with Crippen molar-refractivity contribution in [3.05, 3.63) is 39.7 Å². The van der Waals surface area contributed by atoms with E-state index in [0.717, 1.165) is 24.8 Å². The van der Waals surface area contributed by atoms with E-state index < -0.39 is 6.43 Å². The Kier molecular flexibility index (Phi) is 4.94. The number of halogens is 2. The van der Waals surface area contributed by atoms with Crippen LogP contribution in [0, 0.1) is 0 Å². The van der Waals surface area contributed by atoms with Crippen molar-refractivity contribution in [1.29, 1.82) is 0 Å². The second kappa shape index (κ2) is 6.70. The first-order chi connectivity index (χ1) is 10.1. The van der Waals surface area contributed by atoms with Gasteiger partial charge in [0.1, 0.15) is 5.75 Å². The zero-order valence-electron chi connectivity index (χ0n) is 12.2. The van der Waals surface area contributed by atoms with E-state index in [0.29, 0.717) is 11.8 Å². The fourth-order valence-electron chi connectivity index (χ4n) is 2.56. The first-order valence-corrected chi connectivity index (χ1v) is 7.09. The smallest absolute Gasteiger partial charge is 0.269 e. The molecule has 0 aliphatic carbocycles. The van der Waals surface area contributed by atoms with Gasteiger partial charge in [-0.1, -0.05) is 19.8 Å². The van der Waals surface area contributed by atoms with Crippen LogP contribution >= 0.6 is 0 Å². The maximum Gasteiger partial charge on any atom is 0.269 e. The van der Waals surface area contributed by atoms with Gasteiger partial charge in [-0.25, -0.2) is 8.78 Å². The number of unbranched alkanes of at least 4 members (excludes halogenated alkanes) is 2. The summed E-state index contributed by atoms with van der Waals surface area (Å²) in [5, 5.41) is 0.668. The topological polar surface area (TPSA) is 42.1 Å². The minimum atomic E-state index is -2.70. The molecule has 0 aliphatic heterocycles. The monoisotopic (exact) mass is 295 g/mol. The van der Waals surface area contributed by atoms with Crippen LogP contribution in [0.2, 0.25) is 0 Å². The lowest BCUT2D eigenvalue weighted by Crippen LogP contribution is -2.09. The first kappa shape index (κ1) is 15.5. The maximum absolute atomic E-state index is 13.3. The number of aryl methyl sites for hydroxylation is 1. The summed E-state index contributed by atoms with van der Waals surface area (Å²) in [6.45, 7) is 2.09. The van der Waals surface area contributed by atoms with Crippen LogP contribution in [0.15, 0.2) is 23.0 Å². The number of pyridine rings is 1. The van der Waals surface area contributed by atoms with Gasteiger partial charge in [-0.05, 0) is 30.5 Å². The molecule has 0 saturated heterocycles. The van der Waals surface area contributed by atoms with E-state index in [1.54, 1.807) is 6.07 Å². The van der Waals surface area contributed by atoms with Gasteiger partial charge in [0.2, 0.25) is 5.56 Å². The Balaban J connectivity index is 2.62. The number of ether oxygens (including phenoxy) is 1. The van der Waals surface area contributed by atoms with E-state index in [-0.39, 0.29) is 22.4 Å². The molecule has 2 aromatic rings. The number of aromatic amines is 1. The molecule has 0 atom stereocenters. The average molecular weight is 295 g/mol. The number of alkyl halides is 2. The molecule has 0 amide bonds. The van der Waals surface area contributed by atoms with Crippen molar-refractivity contribution in [3.63, 3.8) is 0 Å². The third-order valence-corrected chi connectivity index (χ3v) is 3.59. The molecule has 0 bridgehead atoms. The van der Waals surface area contributed by atoms with Gasteiger partial charge in [-0.15, -0.1) is 0 Å². The number of benzene rings is 1. The molecule has 5 heteroatoms. The number of aromatic nitrogens is 1. The Bertz CT molecular complexity index is 680. The van der Waals surface area contributed by atoms with Crippen molar-refractivity contribution in [3.8, 4) is 5.75 Å². The predicted molar refractivity (Wildman–Crippen MR) is 79.3 cm³/mol. The summed E-state index contributed by atoms with van der Waals surface area (Å²) in [6.07, 6.45) is 1.06. The number of hydrogen-bond donors (Lipinski definition) is 1. The summed E-state index contributed by atoms with van der Waals surface area (Å²) in [7, 11) is 1.34. The third-order valence-electron chi connectivity index (χ3n) is 3.59. The van der Waals surface area contributed by atoms with Gasteiger partial charge in [-0.3, -0.25) is 4.79 Å². The van der Waals surface area contributed by atoms with Gasteiger partial charge < -0.3 is 9.72 Å². The molecule has 3 nitrogen and oxygen atoms in total. The molecule has 2 rings (SSSR count). The minimum absolute atomic E-state index is 0.0962. The Labute approximate surface area is 121 Å². The zero-order chi connectivity index (χ0) is 15.4. The molecular formula is C16H19F2NO2. The summed E-state index contributed by atoms with van der Waals surface area (Å²) in [6, 6.07) is 4.77. The zero-order valence-corrected chi connectivity index (χ0v) is 12.2. The Hall–Kier alpha value is -1.91. The van der Waals surface area contributed by atoms with E-state index >= 15 is 0 Å². The van der Waals surface area contributed by atoms with Gasteiger partial charge >= 0.3 is 0 Å². The first-order valence-electron chi connectivity index (χ1n) is 7.09. The lowest BCUT2D eigenvalue weighted by molar-refractivity contribution is 0.148. The van der Waals surface area contributed by atoms with Crippen molar-refractivity contribution >= 4 is 10.9 Å². The van der Waals surface area contributed by atoms with E-state index in [1.165, 1.54) is 19.2 Å². The quantitative estimate of drug-likeness (QED) is 0.811. The summed E-state index contributed by atoms with van der Waals surface area (Å²) in [5.41, 5.74) is 0.392. The molecular weight excluding hydrogens is 276 g/mol. The third kappa shape index (κ3) is 3.23. The van der Waals surface area contributed by atoms with E-state index in [4.69, 9.17) is 4.74 Å². The summed E-state index contributed by atoms with van der Waals surface area (Å²) < 4.78 is 31.6. The normalized spacial score (nSPS) is 11.3. The number of nitrogens with one attached hydrogen (secondary N) is 1. The lowest BCUT2D eigenvalue weighted by Gasteiger charge is -2.13. The fourth-order valence-corrected chi connectivity index (χ4v) is 2.56. The fraction of sp³-hybridized carbons (Fsp3) is 0.438. The molecule has 114 valence electrons.